The highest BCUT2D eigenvalue weighted by Crippen LogP contribution is 2.55. The van der Waals surface area contributed by atoms with Crippen LogP contribution in [-0.4, -0.2) is 23.6 Å². The fraction of sp³-hybridized carbons (Fsp3) is 0.391. The summed E-state index contributed by atoms with van der Waals surface area (Å²) in [4.78, 5) is 24.8. The minimum absolute atomic E-state index is 0.0950. The van der Waals surface area contributed by atoms with Gasteiger partial charge >= 0.3 is 0 Å². The second-order valence-electron chi connectivity index (χ2n) is 8.14. The maximum Gasteiger partial charge on any atom is 0.247 e. The highest BCUT2D eigenvalue weighted by atomic mass is 16.5. The van der Waals surface area contributed by atoms with E-state index in [-0.39, 0.29) is 5.91 Å². The topological polar surface area (TPSA) is 87.7 Å². The molecule has 2 aliphatic rings. The average Bonchev–Trinajstić information content (AvgIpc) is 3.68. The van der Waals surface area contributed by atoms with Crippen LogP contribution in [0.15, 0.2) is 54.6 Å². The Balaban J connectivity index is 1.39. The Morgan fingerprint density at radius 1 is 1.03 bits per heavy atom. The van der Waals surface area contributed by atoms with E-state index >= 15 is 0 Å². The second-order valence-corrected chi connectivity index (χ2v) is 8.14. The van der Waals surface area contributed by atoms with Gasteiger partial charge in [0.15, 0.2) is 0 Å². The Kier molecular flexibility index (Phi) is 5.53. The number of carbonyl (C=O) groups is 2. The van der Waals surface area contributed by atoms with Gasteiger partial charge in [-0.25, -0.2) is 5.48 Å². The van der Waals surface area contributed by atoms with Crippen LogP contribution in [0.4, 0.5) is 0 Å². The third-order valence-corrected chi connectivity index (χ3v) is 5.89. The molecule has 0 aromatic heterocycles. The molecular weight excluding hydrogens is 368 g/mol. The quantitative estimate of drug-likeness (QED) is 0.451. The molecule has 0 aliphatic heterocycles. The molecule has 6 nitrogen and oxygen atoms in total. The molecule has 2 aromatic rings. The number of carbonyl (C=O) groups excluding carboxylic acids is 2. The predicted octanol–water partition coefficient (Wildman–Crippen LogP) is 2.85. The van der Waals surface area contributed by atoms with E-state index in [0.29, 0.717) is 31.9 Å². The Labute approximate surface area is 170 Å². The zero-order valence-electron chi connectivity index (χ0n) is 16.3. The average molecular weight is 394 g/mol. The Hall–Kier alpha value is -2.86. The van der Waals surface area contributed by atoms with Gasteiger partial charge < -0.3 is 10.1 Å². The third-order valence-electron chi connectivity index (χ3n) is 5.89. The van der Waals surface area contributed by atoms with Gasteiger partial charge in [-0.2, -0.15) is 0 Å². The molecule has 2 aromatic carbocycles. The molecule has 2 amide bonds. The normalized spacial score (nSPS) is 22.6. The third kappa shape index (κ3) is 4.59. The smallest absolute Gasteiger partial charge is 0.247 e. The van der Waals surface area contributed by atoms with Crippen molar-refractivity contribution in [3.05, 3.63) is 65.7 Å². The maximum atomic E-state index is 12.8. The van der Waals surface area contributed by atoms with Gasteiger partial charge in [0.25, 0.3) is 0 Å². The number of ether oxygens (including phenoxy) is 1. The number of benzene rings is 2. The van der Waals surface area contributed by atoms with Crippen LogP contribution in [0, 0.1) is 17.3 Å². The minimum Gasteiger partial charge on any atom is -0.489 e. The molecule has 0 bridgehead atoms. The van der Waals surface area contributed by atoms with Crippen molar-refractivity contribution < 1.29 is 19.5 Å². The summed E-state index contributed by atoms with van der Waals surface area (Å²) >= 11 is 0. The molecule has 29 heavy (non-hydrogen) atoms. The Bertz CT molecular complexity index is 864. The van der Waals surface area contributed by atoms with Gasteiger partial charge in [0.2, 0.25) is 11.8 Å². The summed E-state index contributed by atoms with van der Waals surface area (Å²) < 4.78 is 5.81. The second kappa shape index (κ2) is 8.25. The SMILES string of the molecule is O=C(NO)[C@@H]1C[C@@]1(Cc1ccc(OCc2ccccc2)cc1)C(=O)NCC1CC1. The van der Waals surface area contributed by atoms with Gasteiger partial charge in [-0.05, 0) is 54.9 Å². The van der Waals surface area contributed by atoms with Gasteiger partial charge in [0.05, 0.1) is 11.3 Å². The van der Waals surface area contributed by atoms with Crippen LogP contribution < -0.4 is 15.5 Å². The monoisotopic (exact) mass is 394 g/mol. The molecule has 2 fully saturated rings. The number of amides is 2. The van der Waals surface area contributed by atoms with Gasteiger partial charge in [-0.3, -0.25) is 14.8 Å². The van der Waals surface area contributed by atoms with Crippen LogP contribution in [0.5, 0.6) is 5.75 Å². The molecule has 2 saturated carbocycles. The lowest BCUT2D eigenvalue weighted by molar-refractivity contribution is -0.135. The zero-order valence-corrected chi connectivity index (χ0v) is 16.3. The first kappa shape index (κ1) is 19.5. The van der Waals surface area contributed by atoms with Gasteiger partial charge in [-0.1, -0.05) is 42.5 Å². The molecular formula is C23H26N2O4. The molecule has 0 radical (unpaired) electrons. The molecule has 2 aliphatic carbocycles. The lowest BCUT2D eigenvalue weighted by Crippen LogP contribution is -2.38. The fourth-order valence-electron chi connectivity index (χ4n) is 3.80. The van der Waals surface area contributed by atoms with E-state index < -0.39 is 17.2 Å². The number of hydrogen-bond acceptors (Lipinski definition) is 4. The van der Waals surface area contributed by atoms with Crippen molar-refractivity contribution in [1.29, 1.82) is 0 Å². The first-order valence-electron chi connectivity index (χ1n) is 10.1. The number of hydrogen-bond donors (Lipinski definition) is 3. The molecule has 0 spiro atoms. The van der Waals surface area contributed by atoms with Crippen LogP contribution >= 0.6 is 0 Å². The van der Waals surface area contributed by atoms with Crippen molar-refractivity contribution in [1.82, 2.24) is 10.8 Å². The largest absolute Gasteiger partial charge is 0.489 e. The molecule has 6 heteroatoms. The lowest BCUT2D eigenvalue weighted by Gasteiger charge is -2.17. The molecule has 3 N–H and O–H groups in total. The van der Waals surface area contributed by atoms with E-state index in [2.05, 4.69) is 5.32 Å². The van der Waals surface area contributed by atoms with Crippen LogP contribution in [0.3, 0.4) is 0 Å². The summed E-state index contributed by atoms with van der Waals surface area (Å²) in [5.74, 6) is 0.240. The highest BCUT2D eigenvalue weighted by Gasteiger charge is 2.63. The van der Waals surface area contributed by atoms with Crippen LogP contribution in [0.25, 0.3) is 0 Å². The van der Waals surface area contributed by atoms with Crippen molar-refractivity contribution in [3.63, 3.8) is 0 Å². The first-order chi connectivity index (χ1) is 14.1. The van der Waals surface area contributed by atoms with E-state index in [0.717, 1.165) is 29.7 Å². The van der Waals surface area contributed by atoms with E-state index in [4.69, 9.17) is 9.94 Å². The summed E-state index contributed by atoms with van der Waals surface area (Å²) in [6.07, 6.45) is 3.21. The van der Waals surface area contributed by atoms with Crippen LogP contribution in [0.2, 0.25) is 0 Å². The van der Waals surface area contributed by atoms with Crippen molar-refractivity contribution in [2.75, 3.05) is 6.54 Å². The fourth-order valence-corrected chi connectivity index (χ4v) is 3.80. The van der Waals surface area contributed by atoms with Crippen LogP contribution in [-0.2, 0) is 22.6 Å². The number of hydroxylamine groups is 1. The zero-order chi connectivity index (χ0) is 20.3. The van der Waals surface area contributed by atoms with E-state index in [1.807, 2.05) is 54.6 Å². The molecule has 4 rings (SSSR count). The Morgan fingerprint density at radius 2 is 1.76 bits per heavy atom. The molecule has 2 atom stereocenters. The van der Waals surface area contributed by atoms with Crippen molar-refractivity contribution in [3.8, 4) is 5.75 Å². The number of nitrogens with one attached hydrogen (secondary N) is 2. The highest BCUT2D eigenvalue weighted by molar-refractivity contribution is 5.95. The van der Waals surface area contributed by atoms with Crippen molar-refractivity contribution in [2.24, 2.45) is 17.3 Å². The molecule has 0 unspecified atom stereocenters. The summed E-state index contributed by atoms with van der Waals surface area (Å²) in [5, 5.41) is 12.0. The maximum absolute atomic E-state index is 12.8. The lowest BCUT2D eigenvalue weighted by atomic mass is 9.92. The summed E-state index contributed by atoms with van der Waals surface area (Å²) in [5.41, 5.74) is 2.98. The predicted molar refractivity (Wildman–Crippen MR) is 107 cm³/mol. The van der Waals surface area contributed by atoms with E-state index in [9.17, 15) is 9.59 Å². The van der Waals surface area contributed by atoms with Gasteiger partial charge in [0, 0.05) is 6.54 Å². The van der Waals surface area contributed by atoms with Crippen LogP contribution in [0.1, 0.15) is 30.4 Å². The van der Waals surface area contributed by atoms with E-state index in [1.54, 1.807) is 5.48 Å². The molecule has 0 heterocycles. The Morgan fingerprint density at radius 3 is 2.41 bits per heavy atom. The van der Waals surface area contributed by atoms with E-state index in [1.165, 1.54) is 0 Å². The van der Waals surface area contributed by atoms with Crippen molar-refractivity contribution >= 4 is 11.8 Å². The summed E-state index contributed by atoms with van der Waals surface area (Å²) in [6, 6.07) is 17.6. The van der Waals surface area contributed by atoms with Gasteiger partial charge in [0.1, 0.15) is 12.4 Å². The number of rotatable bonds is 9. The summed E-state index contributed by atoms with van der Waals surface area (Å²) in [7, 11) is 0. The van der Waals surface area contributed by atoms with Gasteiger partial charge in [-0.15, -0.1) is 0 Å². The molecule has 152 valence electrons. The molecule has 0 saturated heterocycles. The standard InChI is InChI=1S/C23H26N2O4/c26-21(25-28)20-13-23(20,22(27)24-14-17-6-7-17)12-16-8-10-19(11-9-16)29-15-18-4-2-1-3-5-18/h1-5,8-11,17,20,28H,6-7,12-15H2,(H,24,27)(H,25,26)/t20-,23+/m0/s1. The van der Waals surface area contributed by atoms with Crippen molar-refractivity contribution in [2.45, 2.75) is 32.3 Å². The first-order valence-corrected chi connectivity index (χ1v) is 10.1. The minimum atomic E-state index is -0.784. The summed E-state index contributed by atoms with van der Waals surface area (Å²) in [6.45, 7) is 1.16.